The second-order valence-corrected chi connectivity index (χ2v) is 16.1. The van der Waals surface area contributed by atoms with Gasteiger partial charge in [0.15, 0.2) is 0 Å². The van der Waals surface area contributed by atoms with E-state index in [1.165, 1.54) is 62.3 Å². The molecule has 1 atom stereocenters. The lowest BCUT2D eigenvalue weighted by Crippen LogP contribution is -2.69. The van der Waals surface area contributed by atoms with Crippen LogP contribution in [0.5, 0.6) is 0 Å². The number of hydrogen-bond acceptors (Lipinski definition) is 9. The maximum absolute atomic E-state index is 13.6. The first-order valence-corrected chi connectivity index (χ1v) is 16.7. The SMILES string of the molecule is CC(C)[C@@](C)([15NH]C(=O)C(C)(C)NC(=O)C(C)(C)N[13C](=O)CNC(=O)C(C)(C)NC(=O)OCc1ccccc1)C(=O)NC(C)(C)C(=O)OC(C)(C)C. The molecular weight excluding hydrogens is 662 g/mol. The molecule has 0 aliphatic rings. The predicted molar refractivity (Wildman–Crippen MR) is 191 cm³/mol. The molecular formula is C36H58N6O9. The normalized spacial score (nSPS) is 13.5. The van der Waals surface area contributed by atoms with Crippen LogP contribution in [0.2, 0.25) is 0 Å². The Morgan fingerprint density at radius 2 is 1.06 bits per heavy atom. The minimum absolute atomic E-state index is 0.00294. The van der Waals surface area contributed by atoms with Crippen LogP contribution in [-0.2, 0) is 44.8 Å². The Kier molecular flexibility index (Phi) is 14.4. The lowest BCUT2D eigenvalue weighted by molar-refractivity contribution is -0.163. The standard InChI is InChI=1S/C36H58N6O9/c1-22(2)36(14,28(47)40-35(12,13)29(48)51-31(3,4)5)41-27(46)34(10,11)39-26(45)33(8,9)38-24(43)20-37-25(44)32(6,7)42-30(49)50-21-23-18-16-15-17-19-23/h15-19,22H,20-21H2,1-14H3,(H,37,44)(H,38,43)(H,39,45)(H,40,47)(H,41,46)(H,42,49)/t36-/m1/s1/i24+1,41+1. The molecule has 6 amide bonds. The van der Waals surface area contributed by atoms with Gasteiger partial charge in [-0.15, -0.1) is 0 Å². The molecule has 0 bridgehead atoms. The topological polar surface area (TPSA) is 210 Å². The van der Waals surface area contributed by atoms with Gasteiger partial charge in [-0.2, -0.15) is 0 Å². The first kappa shape index (κ1) is 44.3. The van der Waals surface area contributed by atoms with Crippen molar-refractivity contribution in [2.45, 2.75) is 137 Å². The van der Waals surface area contributed by atoms with Gasteiger partial charge in [-0.3, -0.25) is 24.0 Å². The lowest BCUT2D eigenvalue weighted by Gasteiger charge is -2.39. The third-order valence-corrected chi connectivity index (χ3v) is 7.95. The van der Waals surface area contributed by atoms with Gasteiger partial charge in [-0.1, -0.05) is 44.2 Å². The fourth-order valence-corrected chi connectivity index (χ4v) is 4.12. The molecule has 1 aromatic carbocycles. The Balaban J connectivity index is 2.84. The highest BCUT2D eigenvalue weighted by Crippen LogP contribution is 2.22. The Labute approximate surface area is 301 Å². The van der Waals surface area contributed by atoms with Gasteiger partial charge in [0.2, 0.25) is 29.5 Å². The zero-order chi connectivity index (χ0) is 39.8. The van der Waals surface area contributed by atoms with E-state index in [4.69, 9.17) is 9.47 Å². The molecule has 15 nitrogen and oxygen atoms in total. The molecule has 0 unspecified atom stereocenters. The summed E-state index contributed by atoms with van der Waals surface area (Å²) in [6.07, 6.45) is -0.827. The number of carbonyl (C=O) groups is 7. The molecule has 0 fully saturated rings. The van der Waals surface area contributed by atoms with Crippen molar-refractivity contribution in [1.29, 1.82) is 0 Å². The first-order valence-electron chi connectivity index (χ1n) is 16.7. The molecule has 1 rings (SSSR count). The number of nitrogens with one attached hydrogen (secondary N) is 6. The molecule has 1 aromatic rings. The molecule has 0 saturated carbocycles. The summed E-state index contributed by atoms with van der Waals surface area (Å²) in [6, 6.07) is 8.98. The quantitative estimate of drug-likeness (QED) is 0.0891. The van der Waals surface area contributed by atoms with Crippen LogP contribution < -0.4 is 31.9 Å². The highest BCUT2D eigenvalue weighted by molar-refractivity contribution is 6.00. The molecule has 0 spiro atoms. The molecule has 0 saturated heterocycles. The van der Waals surface area contributed by atoms with Crippen molar-refractivity contribution in [3.63, 3.8) is 0 Å². The molecule has 286 valence electrons. The van der Waals surface area contributed by atoms with Crippen LogP contribution in [-0.4, -0.2) is 81.4 Å². The minimum Gasteiger partial charge on any atom is -0.458 e. The van der Waals surface area contributed by atoms with E-state index in [2.05, 4.69) is 31.9 Å². The molecule has 0 aliphatic carbocycles. The summed E-state index contributed by atoms with van der Waals surface area (Å²) in [5, 5.41) is 15.4. The second kappa shape index (κ2) is 16.6. The van der Waals surface area contributed by atoms with Crippen molar-refractivity contribution in [1.82, 2.24) is 31.9 Å². The smallest absolute Gasteiger partial charge is 0.408 e. The van der Waals surface area contributed by atoms with Crippen LogP contribution in [0.15, 0.2) is 30.3 Å². The number of carbonyl (C=O) groups excluding carboxylic acids is 7. The maximum Gasteiger partial charge on any atom is 0.408 e. The van der Waals surface area contributed by atoms with Crippen molar-refractivity contribution in [3.05, 3.63) is 35.9 Å². The molecule has 6 N–H and O–H groups in total. The van der Waals surface area contributed by atoms with Gasteiger partial charge in [0.05, 0.1) is 6.54 Å². The number of hydrogen-bond donors (Lipinski definition) is 6. The number of benzene rings is 1. The van der Waals surface area contributed by atoms with Gasteiger partial charge in [0.25, 0.3) is 0 Å². The van der Waals surface area contributed by atoms with Crippen LogP contribution >= 0.6 is 0 Å². The summed E-state index contributed by atoms with van der Waals surface area (Å²) < 4.78 is 10.6. The Hall–Kier alpha value is -4.69. The van der Waals surface area contributed by atoms with Crippen molar-refractivity contribution in [3.8, 4) is 0 Å². The van der Waals surface area contributed by atoms with Gasteiger partial charge < -0.3 is 41.4 Å². The summed E-state index contributed by atoms with van der Waals surface area (Å²) in [7, 11) is 0. The van der Waals surface area contributed by atoms with Crippen LogP contribution in [0.25, 0.3) is 0 Å². The van der Waals surface area contributed by atoms with Gasteiger partial charge in [-0.25, -0.2) is 9.59 Å². The summed E-state index contributed by atoms with van der Waals surface area (Å²) >= 11 is 0. The minimum atomic E-state index is -1.57. The average Bonchev–Trinajstić information content (AvgIpc) is 2.97. The van der Waals surface area contributed by atoms with E-state index in [9.17, 15) is 33.6 Å². The molecule has 0 aromatic heterocycles. The van der Waals surface area contributed by atoms with E-state index in [1.807, 2.05) is 6.07 Å². The van der Waals surface area contributed by atoms with E-state index in [0.717, 1.165) is 5.56 Å². The van der Waals surface area contributed by atoms with E-state index in [1.54, 1.807) is 58.9 Å². The third kappa shape index (κ3) is 13.5. The van der Waals surface area contributed by atoms with E-state index < -0.39 is 87.4 Å². The molecule has 15 heteroatoms. The second-order valence-electron chi connectivity index (χ2n) is 16.1. The van der Waals surface area contributed by atoms with Crippen molar-refractivity contribution >= 4 is 41.6 Å². The van der Waals surface area contributed by atoms with Gasteiger partial charge >= 0.3 is 12.1 Å². The first-order chi connectivity index (χ1) is 22.9. The molecule has 51 heavy (non-hydrogen) atoms. The summed E-state index contributed by atoms with van der Waals surface area (Å²) in [4.78, 5) is 91.0. The van der Waals surface area contributed by atoms with Crippen LogP contribution in [0.4, 0.5) is 4.79 Å². The molecule has 0 heterocycles. The highest BCUT2D eigenvalue weighted by atomic mass is 16.6. The van der Waals surface area contributed by atoms with E-state index in [-0.39, 0.29) is 6.61 Å². The van der Waals surface area contributed by atoms with Crippen molar-refractivity contribution < 1.29 is 43.0 Å². The number of esters is 1. The maximum atomic E-state index is 13.6. The van der Waals surface area contributed by atoms with Gasteiger partial charge in [0.1, 0.15) is 39.9 Å². The highest BCUT2D eigenvalue weighted by Gasteiger charge is 2.46. The zero-order valence-electron chi connectivity index (χ0n) is 32.6. The predicted octanol–water partition coefficient (Wildman–Crippen LogP) is 2.36. The Morgan fingerprint density at radius 1 is 0.588 bits per heavy atom. The number of ether oxygens (including phenoxy) is 2. The van der Waals surface area contributed by atoms with Gasteiger partial charge in [-0.05, 0) is 94.6 Å². The lowest BCUT2D eigenvalue weighted by atomic mass is 9.87. The van der Waals surface area contributed by atoms with Crippen molar-refractivity contribution in [2.24, 2.45) is 5.92 Å². The van der Waals surface area contributed by atoms with E-state index >= 15 is 0 Å². The van der Waals surface area contributed by atoms with Crippen LogP contribution in [0, 0.1) is 5.92 Å². The largest absolute Gasteiger partial charge is 0.458 e. The molecule has 0 aliphatic heterocycles. The fraction of sp³-hybridized carbons (Fsp3) is 0.639. The molecule has 0 radical (unpaired) electrons. The number of rotatable bonds is 15. The van der Waals surface area contributed by atoms with Crippen LogP contribution in [0.1, 0.15) is 102 Å². The number of alkyl carbamates (subject to hydrolysis) is 1. The average molecular weight is 721 g/mol. The zero-order valence-corrected chi connectivity index (χ0v) is 32.6. The number of amides is 6. The Morgan fingerprint density at radius 3 is 1.57 bits per heavy atom. The third-order valence-electron chi connectivity index (χ3n) is 7.95. The van der Waals surface area contributed by atoms with Crippen LogP contribution in [0.3, 0.4) is 0 Å². The fourth-order valence-electron chi connectivity index (χ4n) is 4.12. The van der Waals surface area contributed by atoms with Gasteiger partial charge in [0, 0.05) is 0 Å². The van der Waals surface area contributed by atoms with Crippen molar-refractivity contribution in [2.75, 3.05) is 6.54 Å². The summed E-state index contributed by atoms with van der Waals surface area (Å²) in [5.74, 6) is -4.58. The summed E-state index contributed by atoms with van der Waals surface area (Å²) in [6.45, 7) is 21.1. The van der Waals surface area contributed by atoms with E-state index in [0.29, 0.717) is 0 Å². The summed E-state index contributed by atoms with van der Waals surface area (Å²) in [5.41, 5.74) is -7.52. The Bertz CT molecular complexity index is 1460. The monoisotopic (exact) mass is 720 g/mol.